The highest BCUT2D eigenvalue weighted by Crippen LogP contribution is 2.32. The Labute approximate surface area is 121 Å². The van der Waals surface area contributed by atoms with E-state index in [9.17, 15) is 0 Å². The fraction of sp³-hybridized carbons (Fsp3) is 0.471. The Bertz CT molecular complexity index is 553. The van der Waals surface area contributed by atoms with E-state index in [1.54, 1.807) is 0 Å². The summed E-state index contributed by atoms with van der Waals surface area (Å²) >= 11 is 0. The van der Waals surface area contributed by atoms with Crippen LogP contribution in [0.5, 0.6) is 0 Å². The number of hydrogen-bond donors (Lipinski definition) is 1. The van der Waals surface area contributed by atoms with Crippen LogP contribution in [0.15, 0.2) is 42.9 Å². The van der Waals surface area contributed by atoms with E-state index in [0.29, 0.717) is 6.04 Å². The van der Waals surface area contributed by atoms with Crippen LogP contribution >= 0.6 is 0 Å². The predicted octanol–water partition coefficient (Wildman–Crippen LogP) is 2.94. The Hall–Kier alpha value is -1.61. The monoisotopic (exact) mass is 269 g/mol. The van der Waals surface area contributed by atoms with Crippen LogP contribution in [-0.2, 0) is 11.8 Å². The molecule has 2 aromatic rings. The minimum absolute atomic E-state index is 0.224. The molecule has 0 bridgehead atoms. The van der Waals surface area contributed by atoms with Gasteiger partial charge in [0.25, 0.3) is 0 Å². The van der Waals surface area contributed by atoms with Gasteiger partial charge in [0.1, 0.15) is 0 Å². The Morgan fingerprint density at radius 1 is 1.35 bits per heavy atom. The molecule has 3 heteroatoms. The molecule has 106 valence electrons. The van der Waals surface area contributed by atoms with Crippen molar-refractivity contribution in [2.75, 3.05) is 13.1 Å². The molecule has 1 aromatic carbocycles. The van der Waals surface area contributed by atoms with Gasteiger partial charge in [-0.3, -0.25) is 0 Å². The topological polar surface area (TPSA) is 29.9 Å². The summed E-state index contributed by atoms with van der Waals surface area (Å²) in [6.07, 6.45) is 6.28. The smallest absolute Gasteiger partial charge is 0.0951 e. The van der Waals surface area contributed by atoms with Crippen LogP contribution in [-0.4, -0.2) is 22.6 Å². The van der Waals surface area contributed by atoms with Crippen LogP contribution in [0.25, 0.3) is 0 Å². The number of hydrogen-bond acceptors (Lipinski definition) is 2. The van der Waals surface area contributed by atoms with Crippen LogP contribution in [0.4, 0.5) is 0 Å². The molecule has 3 nitrogen and oxygen atoms in total. The highest BCUT2D eigenvalue weighted by molar-refractivity contribution is 5.20. The molecule has 1 aliphatic rings. The van der Waals surface area contributed by atoms with Crippen molar-refractivity contribution >= 4 is 0 Å². The van der Waals surface area contributed by atoms with Crippen LogP contribution in [0.3, 0.4) is 0 Å². The van der Waals surface area contributed by atoms with E-state index in [1.165, 1.54) is 17.7 Å². The van der Waals surface area contributed by atoms with Gasteiger partial charge in [-0.1, -0.05) is 37.3 Å². The Balaban J connectivity index is 1.82. The van der Waals surface area contributed by atoms with Crippen molar-refractivity contribution in [3.05, 3.63) is 54.1 Å². The van der Waals surface area contributed by atoms with Gasteiger partial charge in [0.05, 0.1) is 6.33 Å². The molecule has 0 aliphatic carbocycles. The molecule has 1 saturated heterocycles. The third-order valence-corrected chi connectivity index (χ3v) is 4.50. The maximum Gasteiger partial charge on any atom is 0.0951 e. The molecule has 3 rings (SSSR count). The Kier molecular flexibility index (Phi) is 3.62. The summed E-state index contributed by atoms with van der Waals surface area (Å²) in [7, 11) is 0. The van der Waals surface area contributed by atoms with Crippen molar-refractivity contribution < 1.29 is 0 Å². The SMILES string of the molecule is CC(Cc1ccccc1)n1cncc1C1(C)CCNC1. The molecule has 1 N–H and O–H groups in total. The highest BCUT2D eigenvalue weighted by atomic mass is 15.1. The second-order valence-corrected chi connectivity index (χ2v) is 6.21. The van der Waals surface area contributed by atoms with Gasteiger partial charge in [-0.15, -0.1) is 0 Å². The molecule has 1 aromatic heterocycles. The average molecular weight is 269 g/mol. The molecule has 2 unspecified atom stereocenters. The van der Waals surface area contributed by atoms with Gasteiger partial charge in [0.15, 0.2) is 0 Å². The van der Waals surface area contributed by atoms with Gasteiger partial charge in [0, 0.05) is 29.9 Å². The van der Waals surface area contributed by atoms with Gasteiger partial charge in [-0.25, -0.2) is 4.98 Å². The summed E-state index contributed by atoms with van der Waals surface area (Å²) in [5.74, 6) is 0. The van der Waals surface area contributed by atoms with Crippen LogP contribution in [0, 0.1) is 0 Å². The summed E-state index contributed by atoms with van der Waals surface area (Å²) in [4.78, 5) is 4.41. The van der Waals surface area contributed by atoms with E-state index < -0.39 is 0 Å². The lowest BCUT2D eigenvalue weighted by Gasteiger charge is -2.27. The zero-order valence-electron chi connectivity index (χ0n) is 12.3. The van der Waals surface area contributed by atoms with Crippen LogP contribution in [0.1, 0.15) is 37.6 Å². The molecule has 0 amide bonds. The maximum absolute atomic E-state index is 4.41. The molecule has 20 heavy (non-hydrogen) atoms. The fourth-order valence-electron chi connectivity index (χ4n) is 3.21. The van der Waals surface area contributed by atoms with Crippen molar-refractivity contribution in [1.29, 1.82) is 0 Å². The quantitative estimate of drug-likeness (QED) is 0.925. The lowest BCUT2D eigenvalue weighted by Crippen LogP contribution is -2.29. The minimum atomic E-state index is 0.224. The second-order valence-electron chi connectivity index (χ2n) is 6.21. The van der Waals surface area contributed by atoms with E-state index >= 15 is 0 Å². The van der Waals surface area contributed by atoms with Crippen molar-refractivity contribution in [2.24, 2.45) is 0 Å². The second kappa shape index (κ2) is 5.41. The van der Waals surface area contributed by atoms with Gasteiger partial charge in [-0.05, 0) is 31.9 Å². The van der Waals surface area contributed by atoms with E-state index in [2.05, 4.69) is 65.2 Å². The van der Waals surface area contributed by atoms with E-state index in [-0.39, 0.29) is 5.41 Å². The van der Waals surface area contributed by atoms with Crippen molar-refractivity contribution in [2.45, 2.75) is 38.1 Å². The largest absolute Gasteiger partial charge is 0.331 e. The highest BCUT2D eigenvalue weighted by Gasteiger charge is 2.34. The lowest BCUT2D eigenvalue weighted by molar-refractivity contribution is 0.436. The average Bonchev–Trinajstić information content (AvgIpc) is 3.09. The molecule has 0 spiro atoms. The first-order chi connectivity index (χ1) is 9.69. The van der Waals surface area contributed by atoms with Gasteiger partial charge in [0.2, 0.25) is 0 Å². The van der Waals surface area contributed by atoms with Gasteiger partial charge < -0.3 is 9.88 Å². The first-order valence-corrected chi connectivity index (χ1v) is 7.46. The maximum atomic E-state index is 4.41. The standard InChI is InChI=1S/C17H23N3/c1-14(10-15-6-4-3-5-7-15)20-13-19-11-16(20)17(2)8-9-18-12-17/h3-7,11,13-14,18H,8-10,12H2,1-2H3. The first kappa shape index (κ1) is 13.4. The number of nitrogens with zero attached hydrogens (tertiary/aromatic N) is 2. The number of imidazole rings is 1. The van der Waals surface area contributed by atoms with Crippen molar-refractivity contribution in [3.63, 3.8) is 0 Å². The molecule has 2 atom stereocenters. The van der Waals surface area contributed by atoms with E-state index in [1.807, 2.05) is 6.33 Å². The number of nitrogens with one attached hydrogen (secondary N) is 1. The number of benzene rings is 1. The first-order valence-electron chi connectivity index (χ1n) is 7.46. The number of aromatic nitrogens is 2. The fourth-order valence-corrected chi connectivity index (χ4v) is 3.21. The minimum Gasteiger partial charge on any atom is -0.331 e. The number of rotatable bonds is 4. The van der Waals surface area contributed by atoms with Gasteiger partial charge >= 0.3 is 0 Å². The summed E-state index contributed by atoms with van der Waals surface area (Å²) in [5.41, 5.74) is 2.97. The van der Waals surface area contributed by atoms with E-state index in [4.69, 9.17) is 0 Å². The molecular formula is C17H23N3. The molecule has 2 heterocycles. The normalized spacial score (nSPS) is 23.9. The van der Waals surface area contributed by atoms with E-state index in [0.717, 1.165) is 19.5 Å². The molecular weight excluding hydrogens is 246 g/mol. The summed E-state index contributed by atoms with van der Waals surface area (Å²) in [6, 6.07) is 11.1. The Morgan fingerprint density at radius 3 is 2.85 bits per heavy atom. The molecule has 0 radical (unpaired) electrons. The van der Waals surface area contributed by atoms with Crippen molar-refractivity contribution in [3.8, 4) is 0 Å². The summed E-state index contributed by atoms with van der Waals surface area (Å²) in [6.45, 7) is 6.78. The summed E-state index contributed by atoms with van der Waals surface area (Å²) in [5, 5.41) is 3.48. The van der Waals surface area contributed by atoms with Crippen LogP contribution < -0.4 is 5.32 Å². The third-order valence-electron chi connectivity index (χ3n) is 4.50. The van der Waals surface area contributed by atoms with Crippen LogP contribution in [0.2, 0.25) is 0 Å². The molecule has 1 fully saturated rings. The molecule has 0 saturated carbocycles. The zero-order valence-corrected chi connectivity index (χ0v) is 12.3. The third kappa shape index (κ3) is 2.50. The van der Waals surface area contributed by atoms with Gasteiger partial charge in [-0.2, -0.15) is 0 Å². The molecule has 1 aliphatic heterocycles. The lowest BCUT2D eigenvalue weighted by atomic mass is 9.86. The zero-order chi connectivity index (χ0) is 14.0. The summed E-state index contributed by atoms with van der Waals surface area (Å²) < 4.78 is 2.36. The van der Waals surface area contributed by atoms with Crippen molar-refractivity contribution in [1.82, 2.24) is 14.9 Å². The predicted molar refractivity (Wildman–Crippen MR) is 81.9 cm³/mol. The Morgan fingerprint density at radius 2 is 2.15 bits per heavy atom.